The minimum absolute atomic E-state index is 0.00576. The first-order valence-electron chi connectivity index (χ1n) is 11.7. The average molecular weight is 489 g/mol. The van der Waals surface area contributed by atoms with Crippen LogP contribution in [0.2, 0.25) is 0 Å². The summed E-state index contributed by atoms with van der Waals surface area (Å²) in [5.74, 6) is 2.80. The summed E-state index contributed by atoms with van der Waals surface area (Å²) in [5, 5.41) is 5.45. The van der Waals surface area contributed by atoms with E-state index in [9.17, 15) is 4.79 Å². The van der Waals surface area contributed by atoms with Crippen LogP contribution in [0.25, 0.3) is 16.7 Å². The van der Waals surface area contributed by atoms with Crippen LogP contribution in [-0.4, -0.2) is 78.1 Å². The van der Waals surface area contributed by atoms with Gasteiger partial charge in [-0.05, 0) is 42.5 Å². The Morgan fingerprint density at radius 1 is 0.917 bits per heavy atom. The van der Waals surface area contributed by atoms with Crippen molar-refractivity contribution in [3.63, 3.8) is 0 Å². The molecule has 0 N–H and O–H groups in total. The summed E-state index contributed by atoms with van der Waals surface area (Å²) in [4.78, 5) is 26.6. The van der Waals surface area contributed by atoms with Gasteiger partial charge in [-0.2, -0.15) is 5.10 Å². The van der Waals surface area contributed by atoms with E-state index in [1.54, 1.807) is 38.3 Å². The van der Waals surface area contributed by atoms with Crippen LogP contribution in [-0.2, 0) is 11.3 Å². The number of methoxy groups -OCH3 is 3. The number of hydrogen-bond acceptors (Lipinski definition) is 8. The lowest BCUT2D eigenvalue weighted by atomic mass is 10.1. The fourth-order valence-electron chi connectivity index (χ4n) is 4.34. The molecule has 0 aliphatic carbocycles. The molecule has 4 aromatic rings. The lowest BCUT2D eigenvalue weighted by Crippen LogP contribution is -2.49. The molecule has 0 spiro atoms. The SMILES string of the molecule is COCc1nc(N2CCN(C(=O)c3cccc(OC)c3)CC2)c2cnn(-c3ccc(OC)cc3)c2n1. The van der Waals surface area contributed by atoms with Crippen LogP contribution in [0.3, 0.4) is 0 Å². The molecule has 1 amide bonds. The Kier molecular flexibility index (Phi) is 6.68. The van der Waals surface area contributed by atoms with Gasteiger partial charge in [0, 0.05) is 38.9 Å². The second-order valence-corrected chi connectivity index (χ2v) is 8.40. The maximum absolute atomic E-state index is 13.1. The van der Waals surface area contributed by atoms with Gasteiger partial charge < -0.3 is 24.0 Å². The number of hydrogen-bond donors (Lipinski definition) is 0. The molecule has 10 heteroatoms. The number of carbonyl (C=O) groups is 1. The Balaban J connectivity index is 1.41. The summed E-state index contributed by atoms with van der Waals surface area (Å²) >= 11 is 0. The maximum atomic E-state index is 13.1. The zero-order valence-corrected chi connectivity index (χ0v) is 20.5. The molecule has 36 heavy (non-hydrogen) atoms. The van der Waals surface area contributed by atoms with E-state index in [1.807, 2.05) is 47.4 Å². The Morgan fingerprint density at radius 2 is 1.67 bits per heavy atom. The van der Waals surface area contributed by atoms with Gasteiger partial charge in [0.15, 0.2) is 11.5 Å². The van der Waals surface area contributed by atoms with Crippen molar-refractivity contribution in [3.05, 3.63) is 66.1 Å². The molecule has 1 aliphatic heterocycles. The van der Waals surface area contributed by atoms with E-state index in [0.29, 0.717) is 49.0 Å². The third-order valence-corrected chi connectivity index (χ3v) is 6.23. The minimum Gasteiger partial charge on any atom is -0.497 e. The lowest BCUT2D eigenvalue weighted by molar-refractivity contribution is 0.0746. The summed E-state index contributed by atoms with van der Waals surface area (Å²) in [6, 6.07) is 14.9. The van der Waals surface area contributed by atoms with E-state index in [0.717, 1.165) is 22.6 Å². The van der Waals surface area contributed by atoms with Crippen LogP contribution in [0.4, 0.5) is 5.82 Å². The summed E-state index contributed by atoms with van der Waals surface area (Å²) in [6.45, 7) is 2.72. The Hall–Kier alpha value is -4.18. The number of ether oxygens (including phenoxy) is 3. The largest absolute Gasteiger partial charge is 0.497 e. The quantitative estimate of drug-likeness (QED) is 0.392. The van der Waals surface area contributed by atoms with Gasteiger partial charge in [0.25, 0.3) is 5.91 Å². The van der Waals surface area contributed by atoms with Gasteiger partial charge >= 0.3 is 0 Å². The molecular weight excluding hydrogens is 460 g/mol. The first kappa shape index (κ1) is 23.6. The summed E-state index contributed by atoms with van der Waals surface area (Å²) in [5.41, 5.74) is 2.19. The van der Waals surface area contributed by atoms with Crippen molar-refractivity contribution in [1.82, 2.24) is 24.6 Å². The smallest absolute Gasteiger partial charge is 0.254 e. The number of nitrogens with zero attached hydrogens (tertiary/aromatic N) is 6. The zero-order valence-electron chi connectivity index (χ0n) is 20.5. The van der Waals surface area contributed by atoms with Crippen molar-refractivity contribution in [3.8, 4) is 17.2 Å². The van der Waals surface area contributed by atoms with Gasteiger partial charge in [0.2, 0.25) is 0 Å². The molecule has 0 atom stereocenters. The van der Waals surface area contributed by atoms with Crippen LogP contribution in [0.15, 0.2) is 54.7 Å². The molecule has 1 aliphatic rings. The van der Waals surface area contributed by atoms with Crippen molar-refractivity contribution in [1.29, 1.82) is 0 Å². The Labute approximate surface area is 209 Å². The minimum atomic E-state index is -0.00576. The molecule has 1 fully saturated rings. The fourth-order valence-corrected chi connectivity index (χ4v) is 4.34. The summed E-state index contributed by atoms with van der Waals surface area (Å²) in [6.07, 6.45) is 1.79. The van der Waals surface area contributed by atoms with Crippen molar-refractivity contribution in [2.45, 2.75) is 6.61 Å². The van der Waals surface area contributed by atoms with Crippen molar-refractivity contribution >= 4 is 22.8 Å². The first-order chi connectivity index (χ1) is 17.6. The van der Waals surface area contributed by atoms with E-state index in [1.165, 1.54) is 0 Å². The molecular formula is C26H28N6O4. The van der Waals surface area contributed by atoms with Crippen LogP contribution in [0.5, 0.6) is 11.5 Å². The second-order valence-electron chi connectivity index (χ2n) is 8.40. The molecule has 186 valence electrons. The Bertz CT molecular complexity index is 1360. The van der Waals surface area contributed by atoms with Gasteiger partial charge in [-0.1, -0.05) is 6.07 Å². The Morgan fingerprint density at radius 3 is 2.36 bits per heavy atom. The number of anilines is 1. The molecule has 0 unspecified atom stereocenters. The van der Waals surface area contributed by atoms with Gasteiger partial charge in [0.1, 0.15) is 23.9 Å². The monoisotopic (exact) mass is 488 g/mol. The topological polar surface area (TPSA) is 94.8 Å². The van der Waals surface area contributed by atoms with E-state index >= 15 is 0 Å². The van der Waals surface area contributed by atoms with Gasteiger partial charge in [-0.3, -0.25) is 4.79 Å². The number of amides is 1. The van der Waals surface area contributed by atoms with Crippen LogP contribution < -0.4 is 14.4 Å². The molecule has 0 saturated carbocycles. The van der Waals surface area contributed by atoms with Crippen molar-refractivity contribution in [2.24, 2.45) is 0 Å². The van der Waals surface area contributed by atoms with Crippen LogP contribution in [0, 0.1) is 0 Å². The van der Waals surface area contributed by atoms with E-state index in [4.69, 9.17) is 24.2 Å². The molecule has 3 heterocycles. The number of aromatic nitrogens is 4. The molecule has 0 radical (unpaired) electrons. The molecule has 1 saturated heterocycles. The highest BCUT2D eigenvalue weighted by Gasteiger charge is 2.26. The zero-order chi connectivity index (χ0) is 25.1. The highest BCUT2D eigenvalue weighted by molar-refractivity contribution is 5.95. The third-order valence-electron chi connectivity index (χ3n) is 6.23. The normalized spacial score (nSPS) is 13.8. The number of benzene rings is 2. The maximum Gasteiger partial charge on any atom is 0.254 e. The number of rotatable bonds is 7. The summed E-state index contributed by atoms with van der Waals surface area (Å²) < 4.78 is 17.7. The predicted molar refractivity (Wildman–Crippen MR) is 135 cm³/mol. The fraction of sp³-hybridized carbons (Fsp3) is 0.308. The molecule has 0 bridgehead atoms. The number of fused-ring (bicyclic) bond motifs is 1. The molecule has 5 rings (SSSR count). The predicted octanol–water partition coefficient (Wildman–Crippen LogP) is 2.94. The van der Waals surface area contributed by atoms with E-state index in [2.05, 4.69) is 10.00 Å². The number of carbonyl (C=O) groups excluding carboxylic acids is 1. The van der Waals surface area contributed by atoms with E-state index < -0.39 is 0 Å². The summed E-state index contributed by atoms with van der Waals surface area (Å²) in [7, 11) is 4.86. The molecule has 2 aromatic carbocycles. The van der Waals surface area contributed by atoms with Crippen LogP contribution >= 0.6 is 0 Å². The number of piperazine rings is 1. The van der Waals surface area contributed by atoms with Crippen molar-refractivity contribution < 1.29 is 19.0 Å². The van der Waals surface area contributed by atoms with Crippen LogP contribution in [0.1, 0.15) is 16.2 Å². The van der Waals surface area contributed by atoms with E-state index in [-0.39, 0.29) is 12.5 Å². The highest BCUT2D eigenvalue weighted by atomic mass is 16.5. The van der Waals surface area contributed by atoms with Gasteiger partial charge in [-0.25, -0.2) is 14.6 Å². The first-order valence-corrected chi connectivity index (χ1v) is 11.7. The van der Waals surface area contributed by atoms with Gasteiger partial charge in [-0.15, -0.1) is 0 Å². The molecule has 2 aromatic heterocycles. The lowest BCUT2D eigenvalue weighted by Gasteiger charge is -2.35. The van der Waals surface area contributed by atoms with Crippen molar-refractivity contribution in [2.75, 3.05) is 52.4 Å². The molecule has 10 nitrogen and oxygen atoms in total. The second kappa shape index (κ2) is 10.2. The average Bonchev–Trinajstić information content (AvgIpc) is 3.36. The highest BCUT2D eigenvalue weighted by Crippen LogP contribution is 2.28. The third kappa shape index (κ3) is 4.55. The van der Waals surface area contributed by atoms with Gasteiger partial charge in [0.05, 0.1) is 31.5 Å². The standard InChI is InChI=1S/C26H28N6O4/c1-34-17-23-28-24(22-16-27-32(25(22)29-23)19-7-9-20(35-2)10-8-19)30-11-13-31(14-12-30)26(33)18-5-4-6-21(15-18)36-3/h4-10,15-16H,11-14,17H2,1-3H3.